The summed E-state index contributed by atoms with van der Waals surface area (Å²) < 4.78 is 5.12. The lowest BCUT2D eigenvalue weighted by atomic mass is 10.2. The molecule has 14 heavy (non-hydrogen) atoms. The first-order chi connectivity index (χ1) is 6.74. The summed E-state index contributed by atoms with van der Waals surface area (Å²) in [6.07, 6.45) is 0.234. The Hall–Kier alpha value is -0.570. The zero-order valence-electron chi connectivity index (χ0n) is 8.59. The van der Waals surface area contributed by atoms with Crippen molar-refractivity contribution in [3.05, 3.63) is 34.9 Å². The fourth-order valence-electron chi connectivity index (χ4n) is 1.14. The second kappa shape index (κ2) is 6.02. The SMILES string of the molecule is COC(C)CNCc1ccccc1Cl. The van der Waals surface area contributed by atoms with Crippen LogP contribution in [-0.2, 0) is 11.3 Å². The molecule has 0 heterocycles. The van der Waals surface area contributed by atoms with Gasteiger partial charge in [-0.15, -0.1) is 0 Å². The van der Waals surface area contributed by atoms with Crippen molar-refractivity contribution in [1.82, 2.24) is 5.32 Å². The zero-order chi connectivity index (χ0) is 10.4. The number of ether oxygens (including phenoxy) is 1. The molecule has 0 saturated heterocycles. The molecule has 0 fully saturated rings. The van der Waals surface area contributed by atoms with Crippen LogP contribution in [0.25, 0.3) is 0 Å². The normalized spacial score (nSPS) is 12.8. The molecule has 78 valence electrons. The van der Waals surface area contributed by atoms with Crippen LogP contribution in [0, 0.1) is 0 Å². The summed E-state index contributed by atoms with van der Waals surface area (Å²) in [5, 5.41) is 4.09. The van der Waals surface area contributed by atoms with Gasteiger partial charge in [-0.2, -0.15) is 0 Å². The molecule has 1 unspecified atom stereocenters. The lowest BCUT2D eigenvalue weighted by Gasteiger charge is -2.11. The molecular weight excluding hydrogens is 198 g/mol. The van der Waals surface area contributed by atoms with Gasteiger partial charge >= 0.3 is 0 Å². The summed E-state index contributed by atoms with van der Waals surface area (Å²) in [6, 6.07) is 7.84. The maximum absolute atomic E-state index is 6.00. The quantitative estimate of drug-likeness (QED) is 0.812. The van der Waals surface area contributed by atoms with Crippen molar-refractivity contribution < 1.29 is 4.74 Å². The van der Waals surface area contributed by atoms with E-state index in [-0.39, 0.29) is 6.10 Å². The van der Waals surface area contributed by atoms with E-state index in [1.165, 1.54) is 0 Å². The summed E-state index contributed by atoms with van der Waals surface area (Å²) in [6.45, 7) is 3.65. The summed E-state index contributed by atoms with van der Waals surface area (Å²) in [7, 11) is 1.71. The molecule has 0 saturated carbocycles. The molecule has 0 spiro atoms. The van der Waals surface area contributed by atoms with Gasteiger partial charge in [0.1, 0.15) is 0 Å². The highest BCUT2D eigenvalue weighted by atomic mass is 35.5. The van der Waals surface area contributed by atoms with E-state index in [2.05, 4.69) is 5.32 Å². The van der Waals surface area contributed by atoms with Gasteiger partial charge in [-0.1, -0.05) is 29.8 Å². The van der Waals surface area contributed by atoms with E-state index in [0.29, 0.717) is 0 Å². The molecule has 3 heteroatoms. The molecule has 0 bridgehead atoms. The molecule has 1 atom stereocenters. The van der Waals surface area contributed by atoms with Crippen molar-refractivity contribution in [2.24, 2.45) is 0 Å². The van der Waals surface area contributed by atoms with E-state index >= 15 is 0 Å². The predicted octanol–water partition coefficient (Wildman–Crippen LogP) is 2.46. The Morgan fingerprint density at radius 1 is 1.43 bits per heavy atom. The van der Waals surface area contributed by atoms with Crippen molar-refractivity contribution in [2.75, 3.05) is 13.7 Å². The van der Waals surface area contributed by atoms with Gasteiger partial charge in [0.15, 0.2) is 0 Å². The third-order valence-electron chi connectivity index (χ3n) is 2.11. The topological polar surface area (TPSA) is 21.3 Å². The lowest BCUT2D eigenvalue weighted by molar-refractivity contribution is 0.117. The van der Waals surface area contributed by atoms with Crippen molar-refractivity contribution in [1.29, 1.82) is 0 Å². The van der Waals surface area contributed by atoms with Crippen molar-refractivity contribution in [2.45, 2.75) is 19.6 Å². The number of hydrogen-bond donors (Lipinski definition) is 1. The minimum Gasteiger partial charge on any atom is -0.380 e. The van der Waals surface area contributed by atoms with Crippen LogP contribution < -0.4 is 5.32 Å². The number of nitrogens with one attached hydrogen (secondary N) is 1. The average Bonchev–Trinajstić information content (AvgIpc) is 2.20. The highest BCUT2D eigenvalue weighted by molar-refractivity contribution is 6.31. The van der Waals surface area contributed by atoms with Crippen LogP contribution in [0.3, 0.4) is 0 Å². The van der Waals surface area contributed by atoms with Gasteiger partial charge in [0.25, 0.3) is 0 Å². The molecule has 0 aliphatic heterocycles. The monoisotopic (exact) mass is 213 g/mol. The molecule has 1 rings (SSSR count). The van der Waals surface area contributed by atoms with E-state index in [0.717, 1.165) is 23.7 Å². The fraction of sp³-hybridized carbons (Fsp3) is 0.455. The van der Waals surface area contributed by atoms with Crippen LogP contribution in [-0.4, -0.2) is 19.8 Å². The molecule has 1 N–H and O–H groups in total. The maximum Gasteiger partial charge on any atom is 0.0667 e. The highest BCUT2D eigenvalue weighted by Crippen LogP contribution is 2.14. The maximum atomic E-state index is 6.00. The Morgan fingerprint density at radius 2 is 2.14 bits per heavy atom. The van der Waals surface area contributed by atoms with Gasteiger partial charge in [-0.3, -0.25) is 0 Å². The first-order valence-electron chi connectivity index (χ1n) is 4.71. The lowest BCUT2D eigenvalue weighted by Crippen LogP contribution is -2.25. The molecule has 0 aliphatic rings. The molecule has 2 nitrogen and oxygen atoms in total. The highest BCUT2D eigenvalue weighted by Gasteiger charge is 2.00. The van der Waals surface area contributed by atoms with E-state index in [9.17, 15) is 0 Å². The zero-order valence-corrected chi connectivity index (χ0v) is 9.34. The summed E-state index contributed by atoms with van der Waals surface area (Å²) >= 11 is 6.00. The first-order valence-corrected chi connectivity index (χ1v) is 5.08. The Balaban J connectivity index is 2.35. The number of methoxy groups -OCH3 is 1. The Kier molecular flexibility index (Phi) is 4.94. The van der Waals surface area contributed by atoms with Gasteiger partial charge in [0.05, 0.1) is 6.10 Å². The van der Waals surface area contributed by atoms with Crippen molar-refractivity contribution in [3.8, 4) is 0 Å². The smallest absolute Gasteiger partial charge is 0.0667 e. The Morgan fingerprint density at radius 3 is 2.79 bits per heavy atom. The fourth-order valence-corrected chi connectivity index (χ4v) is 1.34. The largest absolute Gasteiger partial charge is 0.380 e. The molecule has 0 radical (unpaired) electrons. The van der Waals surface area contributed by atoms with Crippen molar-refractivity contribution >= 4 is 11.6 Å². The predicted molar refractivity (Wildman–Crippen MR) is 59.6 cm³/mol. The summed E-state index contributed by atoms with van der Waals surface area (Å²) in [5.41, 5.74) is 1.12. The molecule has 0 aromatic heterocycles. The van der Waals surface area contributed by atoms with Gasteiger partial charge in [0.2, 0.25) is 0 Å². The molecule has 0 amide bonds. The minimum atomic E-state index is 0.234. The number of halogens is 1. The number of benzene rings is 1. The second-order valence-corrected chi connectivity index (χ2v) is 3.68. The Labute approximate surface area is 90.2 Å². The van der Waals surface area contributed by atoms with Crippen LogP contribution in [0.1, 0.15) is 12.5 Å². The van der Waals surface area contributed by atoms with Crippen LogP contribution >= 0.6 is 11.6 Å². The van der Waals surface area contributed by atoms with Crippen LogP contribution in [0.4, 0.5) is 0 Å². The summed E-state index contributed by atoms with van der Waals surface area (Å²) in [4.78, 5) is 0. The average molecular weight is 214 g/mol. The first kappa shape index (κ1) is 11.5. The third kappa shape index (κ3) is 3.66. The summed E-state index contributed by atoms with van der Waals surface area (Å²) in [5.74, 6) is 0. The van der Waals surface area contributed by atoms with Gasteiger partial charge in [0, 0.05) is 25.2 Å². The second-order valence-electron chi connectivity index (χ2n) is 3.27. The van der Waals surface area contributed by atoms with Crippen LogP contribution in [0.15, 0.2) is 24.3 Å². The number of hydrogen-bond acceptors (Lipinski definition) is 2. The third-order valence-corrected chi connectivity index (χ3v) is 2.48. The Bertz CT molecular complexity index is 278. The van der Waals surface area contributed by atoms with E-state index in [1.807, 2.05) is 31.2 Å². The van der Waals surface area contributed by atoms with E-state index in [4.69, 9.17) is 16.3 Å². The van der Waals surface area contributed by atoms with Gasteiger partial charge in [-0.25, -0.2) is 0 Å². The van der Waals surface area contributed by atoms with Crippen molar-refractivity contribution in [3.63, 3.8) is 0 Å². The molecule has 1 aromatic rings. The van der Waals surface area contributed by atoms with E-state index < -0.39 is 0 Å². The van der Waals surface area contributed by atoms with Gasteiger partial charge < -0.3 is 10.1 Å². The van der Waals surface area contributed by atoms with Crippen LogP contribution in [0.5, 0.6) is 0 Å². The molecule has 0 aliphatic carbocycles. The minimum absolute atomic E-state index is 0.234. The molecular formula is C11H16ClNO. The van der Waals surface area contributed by atoms with Gasteiger partial charge in [-0.05, 0) is 18.6 Å². The molecule has 1 aromatic carbocycles. The standard InChI is InChI=1S/C11H16ClNO/c1-9(14-2)7-13-8-10-5-3-4-6-11(10)12/h3-6,9,13H,7-8H2,1-2H3. The number of rotatable bonds is 5. The van der Waals surface area contributed by atoms with E-state index in [1.54, 1.807) is 7.11 Å². The van der Waals surface area contributed by atoms with Crippen LogP contribution in [0.2, 0.25) is 5.02 Å².